The van der Waals surface area contributed by atoms with Crippen LogP contribution in [-0.2, 0) is 0 Å². The minimum absolute atomic E-state index is 0.0810. The molecule has 0 radical (unpaired) electrons. The Morgan fingerprint density at radius 2 is 1.21 bits per heavy atom. The van der Waals surface area contributed by atoms with Crippen molar-refractivity contribution in [2.75, 3.05) is 11.5 Å². The summed E-state index contributed by atoms with van der Waals surface area (Å²) in [4.78, 5) is 3.94. The fraction of sp³-hybridized carbons (Fsp3) is 0. The molecule has 2 aromatic rings. The van der Waals surface area contributed by atoms with E-state index in [1.807, 2.05) is 0 Å². The zero-order chi connectivity index (χ0) is 14.3. The monoisotopic (exact) mass is 355 g/mol. The Morgan fingerprint density at radius 1 is 0.737 bits per heavy atom. The van der Waals surface area contributed by atoms with Gasteiger partial charge in [0.25, 0.3) is 0 Å². The molecule has 1 aromatic heterocycles. The second kappa shape index (κ2) is 5.43. The molecule has 0 bridgehead atoms. The van der Waals surface area contributed by atoms with Crippen LogP contribution in [0.5, 0.6) is 0 Å². The molecule has 100 valence electrons. The maximum Gasteiger partial charge on any atom is 0.0809 e. The quantitative estimate of drug-likeness (QED) is 0.546. The number of anilines is 2. The van der Waals surface area contributed by atoms with E-state index in [4.69, 9.17) is 69.5 Å². The second-order valence-electron chi connectivity index (χ2n) is 3.63. The summed E-state index contributed by atoms with van der Waals surface area (Å²) in [6, 6.07) is 0. The van der Waals surface area contributed by atoms with Gasteiger partial charge in [-0.25, -0.2) is 0 Å². The Labute approximate surface area is 134 Å². The fourth-order valence-electron chi connectivity index (χ4n) is 1.53. The molecule has 4 N–H and O–H groups in total. The van der Waals surface area contributed by atoms with Crippen LogP contribution in [-0.4, -0.2) is 4.98 Å². The predicted octanol–water partition coefficient (Wildman–Crippen LogP) is 5.18. The Bertz CT molecular complexity index is 643. The van der Waals surface area contributed by atoms with Gasteiger partial charge in [-0.1, -0.05) is 58.0 Å². The highest BCUT2D eigenvalue weighted by molar-refractivity contribution is 6.56. The summed E-state index contributed by atoms with van der Waals surface area (Å²) in [6.07, 6.45) is 2.89. The van der Waals surface area contributed by atoms with Crippen molar-refractivity contribution in [3.05, 3.63) is 37.5 Å². The van der Waals surface area contributed by atoms with E-state index in [1.165, 1.54) is 12.4 Å². The van der Waals surface area contributed by atoms with E-state index in [2.05, 4.69) is 4.98 Å². The van der Waals surface area contributed by atoms with Crippen molar-refractivity contribution in [1.82, 2.24) is 4.98 Å². The van der Waals surface area contributed by atoms with Gasteiger partial charge in [-0.3, -0.25) is 4.98 Å². The number of hydrogen-bond acceptors (Lipinski definition) is 3. The summed E-state index contributed by atoms with van der Waals surface area (Å²) in [5.41, 5.74) is 13.0. The first-order valence-electron chi connectivity index (χ1n) is 4.87. The molecule has 0 saturated carbocycles. The summed E-state index contributed by atoms with van der Waals surface area (Å²) >= 11 is 30.2. The van der Waals surface area contributed by atoms with Crippen molar-refractivity contribution >= 4 is 69.4 Å². The predicted molar refractivity (Wildman–Crippen MR) is 83.5 cm³/mol. The van der Waals surface area contributed by atoms with Gasteiger partial charge in [0.15, 0.2) is 0 Å². The largest absolute Gasteiger partial charge is 0.396 e. The number of aromatic nitrogens is 1. The van der Waals surface area contributed by atoms with Crippen LogP contribution in [0.15, 0.2) is 12.4 Å². The van der Waals surface area contributed by atoms with Gasteiger partial charge >= 0.3 is 0 Å². The van der Waals surface area contributed by atoms with Crippen LogP contribution in [0.25, 0.3) is 11.1 Å². The lowest BCUT2D eigenvalue weighted by Gasteiger charge is -2.14. The van der Waals surface area contributed by atoms with Crippen LogP contribution in [0.4, 0.5) is 11.4 Å². The van der Waals surface area contributed by atoms with E-state index in [9.17, 15) is 0 Å². The third kappa shape index (κ3) is 2.41. The van der Waals surface area contributed by atoms with Crippen molar-refractivity contribution in [2.45, 2.75) is 0 Å². The van der Waals surface area contributed by atoms with Crippen molar-refractivity contribution in [3.8, 4) is 11.1 Å². The third-order valence-electron chi connectivity index (χ3n) is 2.50. The average Bonchev–Trinajstić information content (AvgIpc) is 2.39. The second-order valence-corrected chi connectivity index (χ2v) is 5.52. The summed E-state index contributed by atoms with van der Waals surface area (Å²) < 4.78 is 0. The van der Waals surface area contributed by atoms with Gasteiger partial charge in [0, 0.05) is 17.3 Å². The molecule has 0 fully saturated rings. The molecule has 19 heavy (non-hydrogen) atoms. The Kier molecular flexibility index (Phi) is 4.23. The molecule has 2 rings (SSSR count). The Morgan fingerprint density at radius 3 is 1.74 bits per heavy atom. The van der Waals surface area contributed by atoms with Crippen LogP contribution in [0.1, 0.15) is 0 Å². The first kappa shape index (κ1) is 14.8. The highest BCUT2D eigenvalue weighted by atomic mass is 35.5. The summed E-state index contributed by atoms with van der Waals surface area (Å²) in [6.45, 7) is 0. The summed E-state index contributed by atoms with van der Waals surface area (Å²) in [5, 5.41) is 0.543. The smallest absolute Gasteiger partial charge is 0.0809 e. The van der Waals surface area contributed by atoms with Gasteiger partial charge in [-0.15, -0.1) is 0 Å². The molecule has 0 aliphatic rings. The molecular weight excluding hydrogens is 351 g/mol. The first-order valence-corrected chi connectivity index (χ1v) is 6.76. The number of nitrogens with zero attached hydrogens (tertiary/aromatic N) is 1. The van der Waals surface area contributed by atoms with Crippen LogP contribution in [0.2, 0.25) is 25.1 Å². The maximum atomic E-state index is 6.15. The third-order valence-corrected chi connectivity index (χ3v) is 4.77. The molecule has 3 nitrogen and oxygen atoms in total. The summed E-state index contributed by atoms with van der Waals surface area (Å²) in [7, 11) is 0. The Balaban J connectivity index is 2.87. The van der Waals surface area contributed by atoms with E-state index < -0.39 is 0 Å². The number of nitrogen functional groups attached to an aromatic ring is 2. The zero-order valence-electron chi connectivity index (χ0n) is 9.15. The highest BCUT2D eigenvalue weighted by Crippen LogP contribution is 2.49. The van der Waals surface area contributed by atoms with Crippen LogP contribution in [0.3, 0.4) is 0 Å². The van der Waals surface area contributed by atoms with Crippen molar-refractivity contribution < 1.29 is 0 Å². The van der Waals surface area contributed by atoms with E-state index in [0.29, 0.717) is 16.8 Å². The number of benzene rings is 1. The molecule has 8 heteroatoms. The standard InChI is InChI=1S/C11H6Cl5N3/c12-6-5(3-1-19-2-4(17)11(3)18)7(13)9(15)10(16)8(6)14/h1-2H,17H2,(H2,18,19). The van der Waals surface area contributed by atoms with Gasteiger partial charge in [0.1, 0.15) is 0 Å². The minimum atomic E-state index is 0.0810. The van der Waals surface area contributed by atoms with E-state index in [1.54, 1.807) is 0 Å². The zero-order valence-corrected chi connectivity index (χ0v) is 12.9. The fourth-order valence-corrected chi connectivity index (χ4v) is 2.87. The number of halogens is 5. The van der Waals surface area contributed by atoms with Crippen LogP contribution >= 0.6 is 58.0 Å². The van der Waals surface area contributed by atoms with Gasteiger partial charge in [0.2, 0.25) is 0 Å². The molecule has 0 unspecified atom stereocenters. The first-order chi connectivity index (χ1) is 8.86. The maximum absolute atomic E-state index is 6.15. The van der Waals surface area contributed by atoms with Crippen LogP contribution in [0, 0.1) is 0 Å². The highest BCUT2D eigenvalue weighted by Gasteiger charge is 2.22. The van der Waals surface area contributed by atoms with Gasteiger partial charge in [-0.05, 0) is 0 Å². The van der Waals surface area contributed by atoms with Crippen LogP contribution < -0.4 is 11.5 Å². The van der Waals surface area contributed by atoms with Crippen molar-refractivity contribution in [2.24, 2.45) is 0 Å². The number of rotatable bonds is 1. The number of pyridine rings is 1. The molecule has 0 aliphatic heterocycles. The molecule has 0 atom stereocenters. The SMILES string of the molecule is Nc1cncc(-c2c(Cl)c(Cl)c(Cl)c(Cl)c2Cl)c1N. The molecule has 0 spiro atoms. The van der Waals surface area contributed by atoms with E-state index in [0.717, 1.165) is 0 Å². The number of hydrogen-bond donors (Lipinski definition) is 2. The Hall–Kier alpha value is -0.580. The lowest BCUT2D eigenvalue weighted by molar-refractivity contribution is 1.33. The molecule has 1 aromatic carbocycles. The molecule has 0 amide bonds. The lowest BCUT2D eigenvalue weighted by atomic mass is 10.1. The van der Waals surface area contributed by atoms with Gasteiger partial charge in [0.05, 0.1) is 42.7 Å². The number of nitrogens with two attached hydrogens (primary N) is 2. The normalized spacial score (nSPS) is 10.8. The topological polar surface area (TPSA) is 64.9 Å². The van der Waals surface area contributed by atoms with Crippen molar-refractivity contribution in [3.63, 3.8) is 0 Å². The average molecular weight is 357 g/mol. The molecule has 0 saturated heterocycles. The van der Waals surface area contributed by atoms with E-state index >= 15 is 0 Å². The van der Waals surface area contributed by atoms with Crippen molar-refractivity contribution in [1.29, 1.82) is 0 Å². The van der Waals surface area contributed by atoms with E-state index in [-0.39, 0.29) is 30.8 Å². The summed E-state index contributed by atoms with van der Waals surface area (Å²) in [5.74, 6) is 0. The van der Waals surface area contributed by atoms with Gasteiger partial charge in [-0.2, -0.15) is 0 Å². The minimum Gasteiger partial charge on any atom is -0.396 e. The molecular formula is C11H6Cl5N3. The molecule has 0 aliphatic carbocycles. The molecule has 1 heterocycles. The van der Waals surface area contributed by atoms with Gasteiger partial charge < -0.3 is 11.5 Å². The lowest BCUT2D eigenvalue weighted by Crippen LogP contribution is -1.99.